The van der Waals surface area contributed by atoms with Crippen LogP contribution in [0.3, 0.4) is 0 Å². The van der Waals surface area contributed by atoms with Gasteiger partial charge in [0.1, 0.15) is 6.33 Å². The van der Waals surface area contributed by atoms with Gasteiger partial charge in [-0.15, -0.1) is 0 Å². The lowest BCUT2D eigenvalue weighted by atomic mass is 10.4. The van der Waals surface area contributed by atoms with Crippen LogP contribution in [0.1, 0.15) is 11.7 Å². The maximum atomic E-state index is 11.2. The van der Waals surface area contributed by atoms with Crippen molar-refractivity contribution in [2.75, 3.05) is 6.61 Å². The van der Waals surface area contributed by atoms with Gasteiger partial charge < -0.3 is 4.74 Å². The lowest BCUT2D eigenvalue weighted by Crippen LogP contribution is -2.18. The predicted octanol–water partition coefficient (Wildman–Crippen LogP) is 0.643. The monoisotopic (exact) mass is 194 g/mol. The average molecular weight is 194 g/mol. The van der Waals surface area contributed by atoms with E-state index in [9.17, 15) is 9.59 Å². The van der Waals surface area contributed by atoms with Gasteiger partial charge in [-0.2, -0.15) is 0 Å². The van der Waals surface area contributed by atoms with E-state index in [0.29, 0.717) is 0 Å². The Morgan fingerprint density at radius 2 is 2.29 bits per heavy atom. The first-order chi connectivity index (χ1) is 6.61. The van der Waals surface area contributed by atoms with Crippen LogP contribution in [0, 0.1) is 0 Å². The van der Waals surface area contributed by atoms with Crippen LogP contribution in [0.2, 0.25) is 0 Å². The number of rotatable bonds is 3. The Hall–Kier alpha value is -1.91. The molecule has 1 aromatic heterocycles. The van der Waals surface area contributed by atoms with Gasteiger partial charge in [0.2, 0.25) is 0 Å². The Balaban J connectivity index is 2.44. The third-order valence-electron chi connectivity index (χ3n) is 1.47. The summed E-state index contributed by atoms with van der Waals surface area (Å²) in [6.45, 7) is 4.61. The Morgan fingerprint density at radius 1 is 1.57 bits per heavy atom. The highest BCUT2D eigenvalue weighted by Crippen LogP contribution is 1.93. The minimum absolute atomic E-state index is 0.267. The molecule has 1 aromatic rings. The molecule has 0 aromatic carbocycles. The SMILES string of the molecule is C=C(C)C(=O)OCC(=O)n1ccnc1. The summed E-state index contributed by atoms with van der Waals surface area (Å²) in [5.74, 6) is -0.921. The maximum Gasteiger partial charge on any atom is 0.333 e. The molecular weight excluding hydrogens is 184 g/mol. The number of imidazole rings is 1. The highest BCUT2D eigenvalue weighted by molar-refractivity contribution is 5.89. The van der Waals surface area contributed by atoms with Gasteiger partial charge in [0.25, 0.3) is 5.91 Å². The number of hydrogen-bond acceptors (Lipinski definition) is 4. The quantitative estimate of drug-likeness (QED) is 0.523. The topological polar surface area (TPSA) is 61.2 Å². The first kappa shape index (κ1) is 10.2. The van der Waals surface area contributed by atoms with Crippen molar-refractivity contribution in [1.29, 1.82) is 0 Å². The molecule has 0 spiro atoms. The van der Waals surface area contributed by atoms with Crippen LogP contribution in [-0.2, 0) is 9.53 Å². The van der Waals surface area contributed by atoms with E-state index >= 15 is 0 Å². The minimum atomic E-state index is -0.571. The summed E-state index contributed by atoms with van der Waals surface area (Å²) in [4.78, 5) is 25.9. The second-order valence-corrected chi connectivity index (χ2v) is 2.72. The number of aromatic nitrogens is 2. The van der Waals surface area contributed by atoms with Crippen molar-refractivity contribution in [2.45, 2.75) is 6.92 Å². The van der Waals surface area contributed by atoms with E-state index < -0.39 is 5.97 Å². The molecule has 0 aliphatic heterocycles. The normalized spacial score (nSPS) is 9.50. The molecule has 0 radical (unpaired) electrons. The fourth-order valence-electron chi connectivity index (χ4n) is 0.732. The van der Waals surface area contributed by atoms with Crippen molar-refractivity contribution < 1.29 is 14.3 Å². The molecule has 14 heavy (non-hydrogen) atoms. The number of hydrogen-bond donors (Lipinski definition) is 0. The maximum absolute atomic E-state index is 11.2. The molecule has 0 fully saturated rings. The summed E-state index contributed by atoms with van der Waals surface area (Å²) in [6, 6.07) is 0. The predicted molar refractivity (Wildman–Crippen MR) is 48.6 cm³/mol. The van der Waals surface area contributed by atoms with E-state index in [2.05, 4.69) is 16.3 Å². The molecule has 0 N–H and O–H groups in total. The smallest absolute Gasteiger partial charge is 0.333 e. The van der Waals surface area contributed by atoms with Crippen molar-refractivity contribution in [3.05, 3.63) is 30.9 Å². The Morgan fingerprint density at radius 3 is 2.79 bits per heavy atom. The van der Waals surface area contributed by atoms with E-state index in [4.69, 9.17) is 0 Å². The van der Waals surface area contributed by atoms with Crippen LogP contribution < -0.4 is 0 Å². The first-order valence-electron chi connectivity index (χ1n) is 3.95. The molecule has 5 heteroatoms. The number of carbonyl (C=O) groups excluding carboxylic acids is 2. The lowest BCUT2D eigenvalue weighted by molar-refractivity contribution is -0.137. The van der Waals surface area contributed by atoms with E-state index in [1.807, 2.05) is 0 Å². The minimum Gasteiger partial charge on any atom is -0.452 e. The largest absolute Gasteiger partial charge is 0.452 e. The third-order valence-corrected chi connectivity index (χ3v) is 1.47. The molecule has 0 bridgehead atoms. The fraction of sp³-hybridized carbons (Fsp3) is 0.222. The second-order valence-electron chi connectivity index (χ2n) is 2.72. The molecule has 5 nitrogen and oxygen atoms in total. The highest BCUT2D eigenvalue weighted by atomic mass is 16.5. The molecule has 0 saturated heterocycles. The Bertz CT molecular complexity index is 354. The van der Waals surface area contributed by atoms with Gasteiger partial charge in [-0.25, -0.2) is 9.78 Å². The standard InChI is InChI=1S/C9H10N2O3/c1-7(2)9(13)14-5-8(12)11-4-3-10-6-11/h3-4,6H,1,5H2,2H3. The summed E-state index contributed by atoms with van der Waals surface area (Å²) >= 11 is 0. The zero-order valence-corrected chi connectivity index (χ0v) is 7.77. The zero-order valence-electron chi connectivity index (χ0n) is 7.77. The summed E-state index contributed by atoms with van der Waals surface area (Å²) in [5.41, 5.74) is 0.267. The summed E-state index contributed by atoms with van der Waals surface area (Å²) in [6.07, 6.45) is 4.30. The van der Waals surface area contributed by atoms with Gasteiger partial charge in [-0.3, -0.25) is 9.36 Å². The fourth-order valence-corrected chi connectivity index (χ4v) is 0.732. The van der Waals surface area contributed by atoms with Crippen LogP contribution in [0.5, 0.6) is 0 Å². The van der Waals surface area contributed by atoms with Crippen LogP contribution in [0.15, 0.2) is 30.9 Å². The summed E-state index contributed by atoms with van der Waals surface area (Å²) in [5, 5.41) is 0. The Labute approximate surface area is 81.0 Å². The molecule has 0 amide bonds. The number of nitrogens with zero attached hydrogens (tertiary/aromatic N) is 2. The van der Waals surface area contributed by atoms with E-state index in [1.165, 1.54) is 30.2 Å². The number of ether oxygens (including phenoxy) is 1. The molecule has 0 atom stereocenters. The van der Waals surface area contributed by atoms with Crippen LogP contribution in [0.4, 0.5) is 0 Å². The van der Waals surface area contributed by atoms with Gasteiger partial charge in [-0.05, 0) is 6.92 Å². The average Bonchev–Trinajstić information content (AvgIpc) is 2.66. The van der Waals surface area contributed by atoms with Gasteiger partial charge in [0.15, 0.2) is 6.61 Å². The molecule has 1 rings (SSSR count). The molecule has 0 aliphatic rings. The molecular formula is C9H10N2O3. The number of esters is 1. The zero-order chi connectivity index (χ0) is 10.6. The second kappa shape index (κ2) is 4.36. The van der Waals surface area contributed by atoms with Crippen molar-refractivity contribution in [2.24, 2.45) is 0 Å². The third kappa shape index (κ3) is 2.55. The molecule has 0 unspecified atom stereocenters. The van der Waals surface area contributed by atoms with E-state index in [-0.39, 0.29) is 18.1 Å². The van der Waals surface area contributed by atoms with E-state index in [1.54, 1.807) is 0 Å². The van der Waals surface area contributed by atoms with Crippen molar-refractivity contribution >= 4 is 11.9 Å². The molecule has 1 heterocycles. The molecule has 0 saturated carbocycles. The molecule has 0 aliphatic carbocycles. The first-order valence-corrected chi connectivity index (χ1v) is 3.95. The Kier molecular flexibility index (Phi) is 3.17. The molecule has 74 valence electrons. The van der Waals surface area contributed by atoms with Crippen LogP contribution >= 0.6 is 0 Å². The van der Waals surface area contributed by atoms with Gasteiger partial charge in [0, 0.05) is 18.0 Å². The van der Waals surface area contributed by atoms with Crippen LogP contribution in [-0.4, -0.2) is 28.0 Å². The summed E-state index contributed by atoms with van der Waals surface area (Å²) in [7, 11) is 0. The van der Waals surface area contributed by atoms with Crippen molar-refractivity contribution in [3.63, 3.8) is 0 Å². The van der Waals surface area contributed by atoms with Crippen molar-refractivity contribution in [3.8, 4) is 0 Å². The van der Waals surface area contributed by atoms with Crippen molar-refractivity contribution in [1.82, 2.24) is 9.55 Å². The number of carbonyl (C=O) groups is 2. The van der Waals surface area contributed by atoms with Gasteiger partial charge >= 0.3 is 5.97 Å². The van der Waals surface area contributed by atoms with Gasteiger partial charge in [-0.1, -0.05) is 6.58 Å². The van der Waals surface area contributed by atoms with Crippen LogP contribution in [0.25, 0.3) is 0 Å². The lowest BCUT2D eigenvalue weighted by Gasteiger charge is -2.03. The van der Waals surface area contributed by atoms with E-state index in [0.717, 1.165) is 0 Å². The van der Waals surface area contributed by atoms with Gasteiger partial charge in [0.05, 0.1) is 0 Å². The summed E-state index contributed by atoms with van der Waals surface area (Å²) < 4.78 is 5.89. The highest BCUT2D eigenvalue weighted by Gasteiger charge is 2.08.